The molecule has 2 aliphatic heterocycles. The number of benzene rings is 2. The van der Waals surface area contributed by atoms with Crippen LogP contribution in [0.25, 0.3) is 0 Å². The molecule has 1 aromatic heterocycles. The number of aromatic nitrogens is 2. The molecule has 1 saturated heterocycles. The summed E-state index contributed by atoms with van der Waals surface area (Å²) in [6.07, 6.45) is 5.55. The Morgan fingerprint density at radius 3 is 2.48 bits per heavy atom. The molecule has 3 fully saturated rings. The second kappa shape index (κ2) is 9.73. The Kier molecular flexibility index (Phi) is 6.02. The van der Waals surface area contributed by atoms with Crippen LogP contribution in [0, 0.1) is 5.92 Å². The second-order valence-electron chi connectivity index (χ2n) is 11.5. The highest BCUT2D eigenvalue weighted by molar-refractivity contribution is 6.25. The van der Waals surface area contributed by atoms with Gasteiger partial charge in [0.1, 0.15) is 6.04 Å². The van der Waals surface area contributed by atoms with Crippen molar-refractivity contribution in [1.29, 1.82) is 0 Å². The molecule has 4 aliphatic rings. The van der Waals surface area contributed by atoms with Gasteiger partial charge >= 0.3 is 0 Å². The number of nitrogens with one attached hydrogen (secondary N) is 2. The largest absolute Gasteiger partial charge is 0.384 e. The van der Waals surface area contributed by atoms with Crippen LogP contribution in [0.3, 0.4) is 0 Å². The first-order valence-electron chi connectivity index (χ1n) is 14.2. The molecule has 204 valence electrons. The van der Waals surface area contributed by atoms with Crippen molar-refractivity contribution in [3.63, 3.8) is 0 Å². The van der Waals surface area contributed by atoms with E-state index in [1.807, 2.05) is 12.1 Å². The van der Waals surface area contributed by atoms with Crippen molar-refractivity contribution in [2.45, 2.75) is 62.9 Å². The number of rotatable bonds is 8. The maximum Gasteiger partial charge on any atom is 0.264 e. The average Bonchev–Trinajstić information content (AvgIpc) is 3.65. The first kappa shape index (κ1) is 24.7. The van der Waals surface area contributed by atoms with Gasteiger partial charge in [0.05, 0.1) is 22.9 Å². The lowest BCUT2D eigenvalue weighted by Gasteiger charge is -2.37. The van der Waals surface area contributed by atoms with Crippen molar-refractivity contribution >= 4 is 29.3 Å². The zero-order valence-electron chi connectivity index (χ0n) is 22.1. The number of fused-ring (bicyclic) bond motifs is 1. The summed E-state index contributed by atoms with van der Waals surface area (Å²) < 4.78 is 2.25. The fraction of sp³-hybridized carbons (Fsp3) is 0.387. The number of amides is 4. The zero-order valence-corrected chi connectivity index (χ0v) is 22.1. The summed E-state index contributed by atoms with van der Waals surface area (Å²) in [5.74, 6) is -0.941. The molecule has 9 nitrogen and oxygen atoms in total. The van der Waals surface area contributed by atoms with Crippen LogP contribution >= 0.6 is 0 Å². The predicted molar refractivity (Wildman–Crippen MR) is 147 cm³/mol. The molecule has 3 heterocycles. The predicted octanol–water partition coefficient (Wildman–Crippen LogP) is 3.82. The number of carbonyl (C=O) groups is 4. The minimum absolute atomic E-state index is 0.100. The summed E-state index contributed by atoms with van der Waals surface area (Å²) in [6, 6.07) is 17.4. The van der Waals surface area contributed by atoms with Gasteiger partial charge in [-0.15, -0.1) is 0 Å². The quantitative estimate of drug-likeness (QED) is 0.423. The van der Waals surface area contributed by atoms with Crippen LogP contribution in [-0.4, -0.2) is 50.9 Å². The number of piperidine rings is 1. The van der Waals surface area contributed by atoms with Crippen LogP contribution in [0.5, 0.6) is 0 Å². The zero-order chi connectivity index (χ0) is 27.4. The van der Waals surface area contributed by atoms with E-state index in [-0.39, 0.29) is 18.7 Å². The number of hydrogen-bond acceptors (Lipinski definition) is 6. The highest BCUT2D eigenvalue weighted by Crippen LogP contribution is 2.43. The van der Waals surface area contributed by atoms with Gasteiger partial charge in [0.25, 0.3) is 11.8 Å². The Morgan fingerprint density at radius 2 is 1.73 bits per heavy atom. The van der Waals surface area contributed by atoms with Crippen molar-refractivity contribution in [2.75, 3.05) is 11.9 Å². The summed E-state index contributed by atoms with van der Waals surface area (Å²) in [7, 11) is 0. The third kappa shape index (κ3) is 4.39. The standard InChI is InChI=1S/C31H31N5O4/c37-27-12-11-26(29(38)33-27)35-30(39)23-7-4-8-24(28(23)31(35)40)32-17-19-14-21(15-19)36-22(13-18-5-2-1-3-6-18)16-25(34-36)20-9-10-20/h1-8,16,19-21,26,32H,9-15,17H2,(H,33,37,38). The third-order valence-corrected chi connectivity index (χ3v) is 8.66. The number of imide groups is 2. The molecule has 0 spiro atoms. The van der Waals surface area contributed by atoms with Crippen molar-refractivity contribution in [3.05, 3.63) is 82.7 Å². The van der Waals surface area contributed by atoms with Gasteiger partial charge in [-0.25, -0.2) is 0 Å². The Labute approximate surface area is 231 Å². The van der Waals surface area contributed by atoms with E-state index in [1.165, 1.54) is 29.8 Å². The number of hydrogen-bond donors (Lipinski definition) is 2. The lowest BCUT2D eigenvalue weighted by molar-refractivity contribution is -0.136. The van der Waals surface area contributed by atoms with Crippen LogP contribution in [0.1, 0.15) is 88.2 Å². The van der Waals surface area contributed by atoms with Gasteiger partial charge < -0.3 is 5.32 Å². The van der Waals surface area contributed by atoms with Crippen LogP contribution in [0.4, 0.5) is 5.69 Å². The molecule has 40 heavy (non-hydrogen) atoms. The van der Waals surface area contributed by atoms with Crippen molar-refractivity contribution in [1.82, 2.24) is 20.0 Å². The number of nitrogens with zero attached hydrogens (tertiary/aromatic N) is 3. The molecule has 0 bridgehead atoms. The lowest BCUT2D eigenvalue weighted by Crippen LogP contribution is -2.54. The van der Waals surface area contributed by atoms with E-state index in [1.54, 1.807) is 12.1 Å². The maximum atomic E-state index is 13.4. The van der Waals surface area contributed by atoms with Gasteiger partial charge in [-0.1, -0.05) is 36.4 Å². The third-order valence-electron chi connectivity index (χ3n) is 8.66. The Hall–Kier alpha value is -4.27. The summed E-state index contributed by atoms with van der Waals surface area (Å²) >= 11 is 0. The van der Waals surface area contributed by atoms with Gasteiger partial charge in [-0.2, -0.15) is 5.10 Å². The molecule has 4 amide bonds. The smallest absolute Gasteiger partial charge is 0.264 e. The molecular formula is C31H31N5O4. The van der Waals surface area contributed by atoms with E-state index in [4.69, 9.17) is 5.10 Å². The SMILES string of the molecule is O=C1CCC(N2C(=O)c3cccc(NCC4CC(n5nc(C6CC6)cc5Cc5ccccc5)C4)c3C2=O)C(=O)N1. The molecule has 2 saturated carbocycles. The van der Waals surface area contributed by atoms with Crippen LogP contribution < -0.4 is 10.6 Å². The van der Waals surface area contributed by atoms with Crippen molar-refractivity contribution in [2.24, 2.45) is 5.92 Å². The summed E-state index contributed by atoms with van der Waals surface area (Å²) in [4.78, 5) is 51.4. The normalized spacial score (nSPS) is 24.1. The van der Waals surface area contributed by atoms with Gasteiger partial charge in [-0.3, -0.25) is 34.1 Å². The molecule has 1 atom stereocenters. The first-order valence-corrected chi connectivity index (χ1v) is 14.2. The highest BCUT2D eigenvalue weighted by Gasteiger charge is 2.45. The van der Waals surface area contributed by atoms with Gasteiger partial charge in [0, 0.05) is 36.7 Å². The van der Waals surface area contributed by atoms with E-state index in [9.17, 15) is 19.2 Å². The molecule has 7 rings (SSSR count). The van der Waals surface area contributed by atoms with Gasteiger partial charge in [0.2, 0.25) is 11.8 Å². The van der Waals surface area contributed by atoms with E-state index in [2.05, 4.69) is 45.6 Å². The fourth-order valence-electron chi connectivity index (χ4n) is 6.27. The molecule has 9 heteroatoms. The van der Waals surface area contributed by atoms with E-state index < -0.39 is 23.8 Å². The Morgan fingerprint density at radius 1 is 0.925 bits per heavy atom. The van der Waals surface area contributed by atoms with Crippen LogP contribution in [0.2, 0.25) is 0 Å². The number of anilines is 1. The summed E-state index contributed by atoms with van der Waals surface area (Å²) in [6.45, 7) is 0.678. The molecule has 2 aromatic carbocycles. The summed E-state index contributed by atoms with van der Waals surface area (Å²) in [5.41, 5.74) is 4.97. The monoisotopic (exact) mass is 537 g/mol. The van der Waals surface area contributed by atoms with E-state index >= 15 is 0 Å². The van der Waals surface area contributed by atoms with E-state index in [0.29, 0.717) is 41.2 Å². The average molecular weight is 538 g/mol. The van der Waals surface area contributed by atoms with Crippen molar-refractivity contribution < 1.29 is 19.2 Å². The first-order chi connectivity index (χ1) is 19.5. The number of carbonyl (C=O) groups excluding carboxylic acids is 4. The minimum Gasteiger partial charge on any atom is -0.384 e. The molecular weight excluding hydrogens is 506 g/mol. The summed E-state index contributed by atoms with van der Waals surface area (Å²) in [5, 5.41) is 10.7. The Balaban J connectivity index is 1.02. The topological polar surface area (TPSA) is 113 Å². The van der Waals surface area contributed by atoms with E-state index in [0.717, 1.165) is 24.2 Å². The Bertz CT molecular complexity index is 1520. The molecule has 1 unspecified atom stereocenters. The fourth-order valence-corrected chi connectivity index (χ4v) is 6.27. The highest BCUT2D eigenvalue weighted by atomic mass is 16.2. The van der Waals surface area contributed by atoms with Crippen LogP contribution in [-0.2, 0) is 16.0 Å². The molecule has 3 aromatic rings. The van der Waals surface area contributed by atoms with Gasteiger partial charge in [0.15, 0.2) is 0 Å². The molecule has 2 N–H and O–H groups in total. The maximum absolute atomic E-state index is 13.4. The minimum atomic E-state index is -0.968. The van der Waals surface area contributed by atoms with Crippen LogP contribution in [0.15, 0.2) is 54.6 Å². The van der Waals surface area contributed by atoms with Crippen molar-refractivity contribution in [3.8, 4) is 0 Å². The lowest BCUT2D eigenvalue weighted by atomic mass is 9.80. The molecule has 2 aliphatic carbocycles. The molecule has 0 radical (unpaired) electrons. The van der Waals surface area contributed by atoms with Gasteiger partial charge in [-0.05, 0) is 61.8 Å². The second-order valence-corrected chi connectivity index (χ2v) is 11.5.